The molecular weight excluding hydrogens is 260 g/mol. The SMILES string of the molecule is Cc1nc(NCC(C(C)C)C(C)C)ncc1CNC1CC1. The second kappa shape index (κ2) is 7.21. The van der Waals surface area contributed by atoms with Crippen LogP contribution in [0.3, 0.4) is 0 Å². The van der Waals surface area contributed by atoms with E-state index in [0.717, 1.165) is 30.8 Å². The molecule has 0 atom stereocenters. The van der Waals surface area contributed by atoms with Gasteiger partial charge in [0.2, 0.25) is 5.95 Å². The van der Waals surface area contributed by atoms with E-state index >= 15 is 0 Å². The Morgan fingerprint density at radius 1 is 1.19 bits per heavy atom. The van der Waals surface area contributed by atoms with Gasteiger partial charge in [-0.25, -0.2) is 9.97 Å². The highest BCUT2D eigenvalue weighted by molar-refractivity contribution is 5.29. The van der Waals surface area contributed by atoms with Crippen LogP contribution in [-0.4, -0.2) is 22.6 Å². The van der Waals surface area contributed by atoms with Crippen molar-refractivity contribution in [1.82, 2.24) is 15.3 Å². The van der Waals surface area contributed by atoms with Gasteiger partial charge in [0.25, 0.3) is 0 Å². The molecule has 118 valence electrons. The molecule has 2 N–H and O–H groups in total. The molecular formula is C17H30N4. The zero-order valence-electron chi connectivity index (χ0n) is 14.1. The van der Waals surface area contributed by atoms with Gasteiger partial charge in [-0.3, -0.25) is 0 Å². The summed E-state index contributed by atoms with van der Waals surface area (Å²) in [7, 11) is 0. The van der Waals surface area contributed by atoms with Gasteiger partial charge < -0.3 is 10.6 Å². The average molecular weight is 290 g/mol. The van der Waals surface area contributed by atoms with Crippen molar-refractivity contribution in [3.63, 3.8) is 0 Å². The van der Waals surface area contributed by atoms with Crippen LogP contribution < -0.4 is 10.6 Å². The van der Waals surface area contributed by atoms with Gasteiger partial charge in [-0.2, -0.15) is 0 Å². The molecule has 21 heavy (non-hydrogen) atoms. The summed E-state index contributed by atoms with van der Waals surface area (Å²) in [6.45, 7) is 13.0. The van der Waals surface area contributed by atoms with Crippen LogP contribution >= 0.6 is 0 Å². The zero-order chi connectivity index (χ0) is 15.4. The highest BCUT2D eigenvalue weighted by Crippen LogP contribution is 2.21. The molecule has 1 aliphatic carbocycles. The van der Waals surface area contributed by atoms with Gasteiger partial charge in [-0.1, -0.05) is 27.7 Å². The van der Waals surface area contributed by atoms with Crippen LogP contribution in [0.2, 0.25) is 0 Å². The zero-order valence-corrected chi connectivity index (χ0v) is 14.1. The second-order valence-electron chi connectivity index (χ2n) is 6.99. The van der Waals surface area contributed by atoms with E-state index in [-0.39, 0.29) is 0 Å². The molecule has 0 aromatic carbocycles. The Labute approximate surface area is 129 Å². The highest BCUT2D eigenvalue weighted by atomic mass is 15.1. The van der Waals surface area contributed by atoms with E-state index in [1.807, 2.05) is 6.20 Å². The summed E-state index contributed by atoms with van der Waals surface area (Å²) < 4.78 is 0. The Morgan fingerprint density at radius 3 is 2.38 bits per heavy atom. The van der Waals surface area contributed by atoms with E-state index in [2.05, 4.69) is 55.2 Å². The van der Waals surface area contributed by atoms with Crippen LogP contribution in [0.4, 0.5) is 5.95 Å². The molecule has 2 rings (SSSR count). The Morgan fingerprint density at radius 2 is 1.86 bits per heavy atom. The van der Waals surface area contributed by atoms with E-state index < -0.39 is 0 Å². The molecule has 1 saturated carbocycles. The van der Waals surface area contributed by atoms with E-state index in [4.69, 9.17) is 0 Å². The smallest absolute Gasteiger partial charge is 0.222 e. The summed E-state index contributed by atoms with van der Waals surface area (Å²) in [5.41, 5.74) is 2.28. The van der Waals surface area contributed by atoms with Gasteiger partial charge in [-0.05, 0) is 37.5 Å². The summed E-state index contributed by atoms with van der Waals surface area (Å²) in [4.78, 5) is 9.07. The van der Waals surface area contributed by atoms with Crippen LogP contribution in [0.15, 0.2) is 6.20 Å². The van der Waals surface area contributed by atoms with E-state index in [1.165, 1.54) is 18.4 Å². The van der Waals surface area contributed by atoms with Crippen LogP contribution in [0, 0.1) is 24.7 Å². The molecule has 4 heteroatoms. The molecule has 1 aromatic rings. The number of nitrogens with zero attached hydrogens (tertiary/aromatic N) is 2. The Kier molecular flexibility index (Phi) is 5.57. The lowest BCUT2D eigenvalue weighted by Crippen LogP contribution is -2.25. The lowest BCUT2D eigenvalue weighted by atomic mass is 9.85. The standard InChI is InChI=1S/C17H30N4/c1-11(2)16(12(3)4)10-20-17-19-9-14(13(5)21-17)8-18-15-6-7-15/h9,11-12,15-16,18H,6-8,10H2,1-5H3,(H,19,20,21). The van der Waals surface area contributed by atoms with Crippen LogP contribution in [0.25, 0.3) is 0 Å². The average Bonchev–Trinajstić information content (AvgIpc) is 3.21. The third-order valence-corrected chi connectivity index (χ3v) is 4.45. The molecule has 4 nitrogen and oxygen atoms in total. The fourth-order valence-corrected chi connectivity index (χ4v) is 2.74. The third kappa shape index (κ3) is 4.95. The third-order valence-electron chi connectivity index (χ3n) is 4.45. The lowest BCUT2D eigenvalue weighted by molar-refractivity contribution is 0.304. The molecule has 0 bridgehead atoms. The summed E-state index contributed by atoms with van der Waals surface area (Å²) in [5.74, 6) is 2.74. The first-order valence-electron chi connectivity index (χ1n) is 8.27. The predicted molar refractivity (Wildman–Crippen MR) is 88.3 cm³/mol. The van der Waals surface area contributed by atoms with Crippen molar-refractivity contribution >= 4 is 5.95 Å². The molecule has 1 aliphatic rings. The number of nitrogens with one attached hydrogen (secondary N) is 2. The van der Waals surface area contributed by atoms with E-state index in [9.17, 15) is 0 Å². The van der Waals surface area contributed by atoms with Gasteiger partial charge in [0, 0.05) is 36.6 Å². The Balaban J connectivity index is 1.89. The molecule has 0 aliphatic heterocycles. The number of hydrogen-bond donors (Lipinski definition) is 2. The number of aromatic nitrogens is 2. The minimum atomic E-state index is 0.644. The fraction of sp³-hybridized carbons (Fsp3) is 0.765. The second-order valence-corrected chi connectivity index (χ2v) is 6.99. The molecule has 0 spiro atoms. The summed E-state index contributed by atoms with van der Waals surface area (Å²) in [6, 6.07) is 0.722. The van der Waals surface area contributed by atoms with Gasteiger partial charge in [-0.15, -0.1) is 0 Å². The molecule has 1 fully saturated rings. The molecule has 0 unspecified atom stereocenters. The van der Waals surface area contributed by atoms with Crippen LogP contribution in [0.5, 0.6) is 0 Å². The summed E-state index contributed by atoms with van der Waals surface area (Å²) in [5, 5.41) is 6.92. The van der Waals surface area contributed by atoms with Crippen LogP contribution in [-0.2, 0) is 6.54 Å². The maximum Gasteiger partial charge on any atom is 0.222 e. The summed E-state index contributed by atoms with van der Waals surface area (Å²) in [6.07, 6.45) is 4.58. The Bertz CT molecular complexity index is 444. The first kappa shape index (κ1) is 16.2. The normalized spacial score (nSPS) is 15.2. The molecule has 0 saturated heterocycles. The topological polar surface area (TPSA) is 49.8 Å². The lowest BCUT2D eigenvalue weighted by Gasteiger charge is -2.25. The molecule has 0 radical (unpaired) electrons. The molecule has 1 aromatic heterocycles. The van der Waals surface area contributed by atoms with Crippen molar-refractivity contribution in [1.29, 1.82) is 0 Å². The maximum atomic E-state index is 4.60. The van der Waals surface area contributed by atoms with Crippen molar-refractivity contribution in [3.05, 3.63) is 17.5 Å². The van der Waals surface area contributed by atoms with Gasteiger partial charge in [0.15, 0.2) is 0 Å². The van der Waals surface area contributed by atoms with Crippen molar-refractivity contribution in [3.8, 4) is 0 Å². The summed E-state index contributed by atoms with van der Waals surface area (Å²) >= 11 is 0. The van der Waals surface area contributed by atoms with Crippen molar-refractivity contribution in [2.24, 2.45) is 17.8 Å². The minimum Gasteiger partial charge on any atom is -0.354 e. The van der Waals surface area contributed by atoms with Crippen molar-refractivity contribution in [2.75, 3.05) is 11.9 Å². The van der Waals surface area contributed by atoms with E-state index in [0.29, 0.717) is 17.8 Å². The quantitative estimate of drug-likeness (QED) is 0.770. The number of rotatable bonds is 8. The van der Waals surface area contributed by atoms with Gasteiger partial charge in [0.1, 0.15) is 0 Å². The number of hydrogen-bond acceptors (Lipinski definition) is 4. The maximum absolute atomic E-state index is 4.60. The Hall–Kier alpha value is -1.16. The first-order valence-corrected chi connectivity index (χ1v) is 8.27. The fourth-order valence-electron chi connectivity index (χ4n) is 2.74. The number of anilines is 1. The largest absolute Gasteiger partial charge is 0.354 e. The highest BCUT2D eigenvalue weighted by Gasteiger charge is 2.20. The first-order chi connectivity index (χ1) is 9.97. The monoisotopic (exact) mass is 290 g/mol. The van der Waals surface area contributed by atoms with Gasteiger partial charge in [0.05, 0.1) is 0 Å². The molecule has 1 heterocycles. The predicted octanol–water partition coefficient (Wildman–Crippen LogP) is 3.38. The molecule has 0 amide bonds. The van der Waals surface area contributed by atoms with Gasteiger partial charge >= 0.3 is 0 Å². The van der Waals surface area contributed by atoms with Crippen molar-refractivity contribution in [2.45, 2.75) is 60.0 Å². The van der Waals surface area contributed by atoms with E-state index in [1.54, 1.807) is 0 Å². The van der Waals surface area contributed by atoms with Crippen LogP contribution in [0.1, 0.15) is 51.8 Å². The number of aryl methyl sites for hydroxylation is 1. The minimum absolute atomic E-state index is 0.644. The van der Waals surface area contributed by atoms with Crippen molar-refractivity contribution < 1.29 is 0 Å².